The number of aromatic nitrogens is 3. The summed E-state index contributed by atoms with van der Waals surface area (Å²) in [6, 6.07) is 6.27. The summed E-state index contributed by atoms with van der Waals surface area (Å²) in [4.78, 5) is 14.4. The van der Waals surface area contributed by atoms with Crippen molar-refractivity contribution in [2.24, 2.45) is 0 Å². The normalized spacial score (nSPS) is 10.7. The molecule has 0 atom stereocenters. The van der Waals surface area contributed by atoms with Crippen LogP contribution in [-0.2, 0) is 0 Å². The number of anilines is 1. The zero-order chi connectivity index (χ0) is 13.4. The molecule has 3 rings (SSSR count). The maximum Gasteiger partial charge on any atom is 0.270 e. The highest BCUT2D eigenvalue weighted by Gasteiger charge is 2.13. The van der Waals surface area contributed by atoms with E-state index < -0.39 is 4.92 Å². The number of nitrogen functional groups attached to an aromatic ring is 1. The second-order valence-corrected chi connectivity index (χ2v) is 4.07. The van der Waals surface area contributed by atoms with E-state index in [-0.39, 0.29) is 5.69 Å². The second-order valence-electron chi connectivity index (χ2n) is 4.07. The molecule has 3 aromatic rings. The second kappa shape index (κ2) is 4.05. The standard InChI is InChI=1S/C12H9N5O2/c13-8-3-7(5-14-6-8)12-10-4-9(17(18)19)1-2-11(10)15-16-12/h1-6H,13H2,(H,15,16). The summed E-state index contributed by atoms with van der Waals surface area (Å²) in [5.74, 6) is 0. The van der Waals surface area contributed by atoms with Crippen molar-refractivity contribution >= 4 is 22.3 Å². The highest BCUT2D eigenvalue weighted by Crippen LogP contribution is 2.29. The van der Waals surface area contributed by atoms with Gasteiger partial charge in [-0.15, -0.1) is 0 Å². The molecule has 0 aliphatic heterocycles. The van der Waals surface area contributed by atoms with Crippen LogP contribution in [0.2, 0.25) is 0 Å². The van der Waals surface area contributed by atoms with Crippen LogP contribution in [0.25, 0.3) is 22.2 Å². The smallest absolute Gasteiger partial charge is 0.270 e. The van der Waals surface area contributed by atoms with Crippen molar-refractivity contribution in [3.8, 4) is 11.3 Å². The minimum atomic E-state index is -0.437. The van der Waals surface area contributed by atoms with Gasteiger partial charge in [0.25, 0.3) is 5.69 Å². The number of pyridine rings is 1. The molecular formula is C12H9N5O2. The summed E-state index contributed by atoms with van der Waals surface area (Å²) >= 11 is 0. The number of benzene rings is 1. The average Bonchev–Trinajstić information content (AvgIpc) is 2.81. The third-order valence-electron chi connectivity index (χ3n) is 2.79. The van der Waals surface area contributed by atoms with Gasteiger partial charge < -0.3 is 5.73 Å². The Morgan fingerprint density at radius 3 is 2.84 bits per heavy atom. The van der Waals surface area contributed by atoms with E-state index in [2.05, 4.69) is 15.2 Å². The van der Waals surface area contributed by atoms with Gasteiger partial charge in [-0.2, -0.15) is 5.10 Å². The Bertz CT molecular complexity index is 781. The number of nitrogens with two attached hydrogens (primary N) is 1. The van der Waals surface area contributed by atoms with Gasteiger partial charge in [0, 0.05) is 35.5 Å². The fourth-order valence-electron chi connectivity index (χ4n) is 1.92. The third kappa shape index (κ3) is 1.86. The number of H-pyrrole nitrogens is 1. The minimum Gasteiger partial charge on any atom is -0.397 e. The predicted octanol–water partition coefficient (Wildman–Crippen LogP) is 2.12. The van der Waals surface area contributed by atoms with Crippen molar-refractivity contribution in [3.63, 3.8) is 0 Å². The molecule has 94 valence electrons. The van der Waals surface area contributed by atoms with E-state index in [4.69, 9.17) is 5.73 Å². The Kier molecular flexibility index (Phi) is 2.38. The van der Waals surface area contributed by atoms with Crippen LogP contribution in [0.15, 0.2) is 36.7 Å². The van der Waals surface area contributed by atoms with Gasteiger partial charge in [-0.1, -0.05) is 0 Å². The fraction of sp³-hybridized carbons (Fsp3) is 0. The monoisotopic (exact) mass is 255 g/mol. The van der Waals surface area contributed by atoms with E-state index in [1.165, 1.54) is 18.3 Å². The molecule has 19 heavy (non-hydrogen) atoms. The summed E-state index contributed by atoms with van der Waals surface area (Å²) < 4.78 is 0. The number of fused-ring (bicyclic) bond motifs is 1. The van der Waals surface area contributed by atoms with Gasteiger partial charge in [0.2, 0.25) is 0 Å². The van der Waals surface area contributed by atoms with Crippen molar-refractivity contribution in [2.75, 3.05) is 5.73 Å². The number of aromatic amines is 1. The zero-order valence-electron chi connectivity index (χ0n) is 9.70. The molecule has 0 fully saturated rings. The first-order valence-corrected chi connectivity index (χ1v) is 5.48. The van der Waals surface area contributed by atoms with Gasteiger partial charge in [0.1, 0.15) is 5.69 Å². The van der Waals surface area contributed by atoms with Crippen molar-refractivity contribution in [1.29, 1.82) is 0 Å². The lowest BCUT2D eigenvalue weighted by atomic mass is 10.1. The number of hydrogen-bond donors (Lipinski definition) is 2. The number of nitrogens with zero attached hydrogens (tertiary/aromatic N) is 3. The van der Waals surface area contributed by atoms with Crippen LogP contribution < -0.4 is 5.73 Å². The van der Waals surface area contributed by atoms with Crippen LogP contribution in [0.5, 0.6) is 0 Å². The SMILES string of the molecule is Nc1cncc(-c2n[nH]c3ccc([N+](=O)[O-])cc23)c1. The number of hydrogen-bond acceptors (Lipinski definition) is 5. The number of nitro benzene ring substituents is 1. The molecule has 0 bridgehead atoms. The molecule has 0 radical (unpaired) electrons. The summed E-state index contributed by atoms with van der Waals surface area (Å²) in [5.41, 5.74) is 8.25. The fourth-order valence-corrected chi connectivity index (χ4v) is 1.92. The average molecular weight is 255 g/mol. The van der Waals surface area contributed by atoms with Crippen molar-refractivity contribution in [3.05, 3.63) is 46.8 Å². The largest absolute Gasteiger partial charge is 0.397 e. The summed E-state index contributed by atoms with van der Waals surface area (Å²) in [7, 11) is 0. The van der Waals surface area contributed by atoms with Crippen molar-refractivity contribution in [2.45, 2.75) is 0 Å². The van der Waals surface area contributed by atoms with Crippen LogP contribution in [-0.4, -0.2) is 20.1 Å². The quantitative estimate of drug-likeness (QED) is 0.538. The first-order valence-electron chi connectivity index (χ1n) is 5.48. The first kappa shape index (κ1) is 11.1. The zero-order valence-corrected chi connectivity index (χ0v) is 9.70. The van der Waals surface area contributed by atoms with Crippen LogP contribution in [0.1, 0.15) is 0 Å². The highest BCUT2D eigenvalue weighted by atomic mass is 16.6. The molecule has 0 aliphatic carbocycles. The molecular weight excluding hydrogens is 246 g/mol. The molecule has 0 saturated carbocycles. The Morgan fingerprint density at radius 1 is 1.26 bits per heavy atom. The molecule has 7 nitrogen and oxygen atoms in total. The minimum absolute atomic E-state index is 0.0204. The number of nitrogens with one attached hydrogen (secondary N) is 1. The molecule has 1 aromatic carbocycles. The van der Waals surface area contributed by atoms with E-state index in [0.29, 0.717) is 22.3 Å². The molecule has 0 saturated heterocycles. The van der Waals surface area contributed by atoms with Crippen LogP contribution >= 0.6 is 0 Å². The van der Waals surface area contributed by atoms with Gasteiger partial charge in [0.05, 0.1) is 16.1 Å². The topological polar surface area (TPSA) is 111 Å². The lowest BCUT2D eigenvalue weighted by Gasteiger charge is -1.99. The van der Waals surface area contributed by atoms with Gasteiger partial charge in [-0.25, -0.2) is 0 Å². The molecule has 7 heteroatoms. The molecule has 0 unspecified atom stereocenters. The maximum atomic E-state index is 10.8. The third-order valence-corrected chi connectivity index (χ3v) is 2.79. The van der Waals surface area contributed by atoms with Gasteiger partial charge in [-0.3, -0.25) is 20.2 Å². The molecule has 2 heterocycles. The lowest BCUT2D eigenvalue weighted by molar-refractivity contribution is -0.384. The van der Waals surface area contributed by atoms with Gasteiger partial charge in [0.15, 0.2) is 0 Å². The first-order chi connectivity index (χ1) is 9.15. The number of nitro groups is 1. The lowest BCUT2D eigenvalue weighted by Crippen LogP contribution is -1.89. The summed E-state index contributed by atoms with van der Waals surface area (Å²) in [6.07, 6.45) is 3.14. The molecule has 2 aromatic heterocycles. The molecule has 3 N–H and O–H groups in total. The van der Waals surface area contributed by atoms with E-state index in [1.54, 1.807) is 18.3 Å². The van der Waals surface area contributed by atoms with E-state index >= 15 is 0 Å². The molecule has 0 amide bonds. The van der Waals surface area contributed by atoms with Crippen LogP contribution in [0.3, 0.4) is 0 Å². The van der Waals surface area contributed by atoms with E-state index in [1.807, 2.05) is 0 Å². The number of non-ortho nitro benzene ring substituents is 1. The van der Waals surface area contributed by atoms with Gasteiger partial charge in [-0.05, 0) is 12.1 Å². The van der Waals surface area contributed by atoms with Crippen LogP contribution in [0.4, 0.5) is 11.4 Å². The Balaban J connectivity index is 2.24. The van der Waals surface area contributed by atoms with E-state index in [0.717, 1.165) is 5.52 Å². The van der Waals surface area contributed by atoms with Crippen LogP contribution in [0, 0.1) is 10.1 Å². The Hall–Kier alpha value is -2.96. The molecule has 0 spiro atoms. The summed E-state index contributed by atoms with van der Waals surface area (Å²) in [5, 5.41) is 18.5. The number of rotatable bonds is 2. The molecule has 0 aliphatic rings. The highest BCUT2D eigenvalue weighted by molar-refractivity contribution is 5.94. The Labute approximate surface area is 107 Å². The maximum absolute atomic E-state index is 10.8. The van der Waals surface area contributed by atoms with E-state index in [9.17, 15) is 10.1 Å². The summed E-state index contributed by atoms with van der Waals surface area (Å²) in [6.45, 7) is 0. The van der Waals surface area contributed by atoms with Crippen molar-refractivity contribution < 1.29 is 4.92 Å². The van der Waals surface area contributed by atoms with Gasteiger partial charge >= 0.3 is 0 Å². The predicted molar refractivity (Wildman–Crippen MR) is 70.4 cm³/mol. The Morgan fingerprint density at radius 2 is 2.11 bits per heavy atom. The van der Waals surface area contributed by atoms with Crippen molar-refractivity contribution in [1.82, 2.24) is 15.2 Å².